The van der Waals surface area contributed by atoms with E-state index in [9.17, 15) is 4.79 Å². The Kier molecular flexibility index (Phi) is 4.05. The Morgan fingerprint density at radius 1 is 1.41 bits per heavy atom. The Bertz CT molecular complexity index is 277. The first-order valence-corrected chi connectivity index (χ1v) is 6.69. The van der Waals surface area contributed by atoms with Crippen molar-refractivity contribution in [2.75, 3.05) is 20.3 Å². The summed E-state index contributed by atoms with van der Waals surface area (Å²) in [6.07, 6.45) is 3.41. The molecule has 0 aromatic carbocycles. The molecule has 0 spiro atoms. The van der Waals surface area contributed by atoms with Crippen LogP contribution in [0.4, 0.5) is 0 Å². The van der Waals surface area contributed by atoms with Crippen LogP contribution in [-0.4, -0.2) is 49.2 Å². The van der Waals surface area contributed by atoms with Crippen molar-refractivity contribution < 1.29 is 9.53 Å². The van der Waals surface area contributed by atoms with E-state index >= 15 is 0 Å². The number of nitrogens with zero attached hydrogens (tertiary/aromatic N) is 1. The van der Waals surface area contributed by atoms with Gasteiger partial charge in [-0.05, 0) is 25.2 Å². The zero-order chi connectivity index (χ0) is 12.4. The Morgan fingerprint density at radius 3 is 2.65 bits per heavy atom. The maximum absolute atomic E-state index is 12.3. The fourth-order valence-corrected chi connectivity index (χ4v) is 2.53. The maximum atomic E-state index is 12.3. The van der Waals surface area contributed by atoms with Crippen LogP contribution >= 0.6 is 0 Å². The van der Waals surface area contributed by atoms with Crippen LogP contribution in [0.3, 0.4) is 0 Å². The molecule has 0 aromatic rings. The van der Waals surface area contributed by atoms with Crippen LogP contribution in [0.25, 0.3) is 0 Å². The lowest BCUT2D eigenvalue weighted by Crippen LogP contribution is -2.47. The minimum Gasteiger partial charge on any atom is -0.383 e. The monoisotopic (exact) mass is 240 g/mol. The quantitative estimate of drug-likeness (QED) is 0.753. The predicted octanol–water partition coefficient (Wildman–Crippen LogP) is 1.01. The largest absolute Gasteiger partial charge is 0.383 e. The van der Waals surface area contributed by atoms with Gasteiger partial charge in [0.2, 0.25) is 5.91 Å². The lowest BCUT2D eigenvalue weighted by atomic mass is 10.0. The molecule has 1 aliphatic heterocycles. The summed E-state index contributed by atoms with van der Waals surface area (Å²) in [5.74, 6) is 0.714. The molecule has 1 N–H and O–H groups in total. The highest BCUT2D eigenvalue weighted by Gasteiger charge is 2.39. The maximum Gasteiger partial charge on any atom is 0.240 e. The summed E-state index contributed by atoms with van der Waals surface area (Å²) in [5, 5.41) is 3.44. The zero-order valence-corrected chi connectivity index (χ0v) is 11.1. The molecule has 4 nitrogen and oxygen atoms in total. The van der Waals surface area contributed by atoms with Gasteiger partial charge in [0.25, 0.3) is 0 Å². The summed E-state index contributed by atoms with van der Waals surface area (Å²) in [7, 11) is 1.70. The van der Waals surface area contributed by atoms with Crippen molar-refractivity contribution in [2.24, 2.45) is 5.92 Å². The van der Waals surface area contributed by atoms with Crippen molar-refractivity contribution in [3.63, 3.8) is 0 Å². The second-order valence-corrected chi connectivity index (χ2v) is 5.58. The third-order valence-corrected chi connectivity index (χ3v) is 3.76. The van der Waals surface area contributed by atoms with Crippen LogP contribution in [0.1, 0.15) is 33.1 Å². The number of ether oxygens (including phenoxy) is 1. The summed E-state index contributed by atoms with van der Waals surface area (Å²) in [4.78, 5) is 14.3. The molecule has 1 aliphatic carbocycles. The van der Waals surface area contributed by atoms with E-state index in [2.05, 4.69) is 19.2 Å². The fraction of sp³-hybridized carbons (Fsp3) is 0.923. The average molecular weight is 240 g/mol. The van der Waals surface area contributed by atoms with Gasteiger partial charge in [-0.1, -0.05) is 13.8 Å². The van der Waals surface area contributed by atoms with E-state index in [1.54, 1.807) is 7.11 Å². The highest BCUT2D eigenvalue weighted by atomic mass is 16.5. The van der Waals surface area contributed by atoms with E-state index in [-0.39, 0.29) is 18.0 Å². The first kappa shape index (κ1) is 12.8. The van der Waals surface area contributed by atoms with Gasteiger partial charge in [0.15, 0.2) is 0 Å². The molecule has 17 heavy (non-hydrogen) atoms. The molecule has 1 amide bonds. The SMILES string of the molecule is COCC(C(C)C)N1CCC(NC2CC2)C1=O. The molecule has 1 heterocycles. The molecule has 4 heteroatoms. The second kappa shape index (κ2) is 5.36. The van der Waals surface area contributed by atoms with Crippen molar-refractivity contribution >= 4 is 5.91 Å². The molecule has 0 aromatic heterocycles. The van der Waals surface area contributed by atoms with Gasteiger partial charge in [0.05, 0.1) is 18.7 Å². The number of hydrogen-bond donors (Lipinski definition) is 1. The number of methoxy groups -OCH3 is 1. The normalized spacial score (nSPS) is 26.9. The van der Waals surface area contributed by atoms with Gasteiger partial charge in [-0.25, -0.2) is 0 Å². The third-order valence-electron chi connectivity index (χ3n) is 3.76. The zero-order valence-electron chi connectivity index (χ0n) is 11.1. The number of likely N-dealkylation sites (tertiary alicyclic amines) is 1. The van der Waals surface area contributed by atoms with Gasteiger partial charge < -0.3 is 15.0 Å². The third kappa shape index (κ3) is 2.99. The molecule has 1 saturated heterocycles. The van der Waals surface area contributed by atoms with E-state index < -0.39 is 0 Å². The molecule has 98 valence electrons. The Balaban J connectivity index is 1.93. The van der Waals surface area contributed by atoms with E-state index in [4.69, 9.17) is 4.74 Å². The lowest BCUT2D eigenvalue weighted by Gasteiger charge is -2.30. The van der Waals surface area contributed by atoms with Crippen molar-refractivity contribution in [3.8, 4) is 0 Å². The highest BCUT2D eigenvalue weighted by Crippen LogP contribution is 2.24. The summed E-state index contributed by atoms with van der Waals surface area (Å²) in [6, 6.07) is 0.878. The highest BCUT2D eigenvalue weighted by molar-refractivity contribution is 5.84. The van der Waals surface area contributed by atoms with Gasteiger partial charge in [-0.2, -0.15) is 0 Å². The van der Waals surface area contributed by atoms with Gasteiger partial charge in [-0.3, -0.25) is 4.79 Å². The lowest BCUT2D eigenvalue weighted by molar-refractivity contribution is -0.133. The summed E-state index contributed by atoms with van der Waals surface area (Å²) in [5.41, 5.74) is 0. The molecule has 2 atom stereocenters. The summed E-state index contributed by atoms with van der Waals surface area (Å²) < 4.78 is 5.24. The molecule has 2 rings (SSSR count). The Morgan fingerprint density at radius 2 is 2.12 bits per heavy atom. The Labute approximate surface area is 104 Å². The standard InChI is InChI=1S/C13H24N2O2/c1-9(2)12(8-17-3)15-7-6-11(13(15)16)14-10-4-5-10/h9-12,14H,4-8H2,1-3H3. The van der Waals surface area contributed by atoms with E-state index in [0.29, 0.717) is 18.6 Å². The molecular weight excluding hydrogens is 216 g/mol. The minimum absolute atomic E-state index is 0.0561. The first-order valence-electron chi connectivity index (χ1n) is 6.69. The van der Waals surface area contributed by atoms with Gasteiger partial charge >= 0.3 is 0 Å². The first-order chi connectivity index (χ1) is 8.13. The molecule has 1 saturated carbocycles. The van der Waals surface area contributed by atoms with Crippen molar-refractivity contribution in [1.29, 1.82) is 0 Å². The molecule has 0 radical (unpaired) electrons. The molecule has 2 unspecified atom stereocenters. The van der Waals surface area contributed by atoms with E-state index in [0.717, 1.165) is 13.0 Å². The van der Waals surface area contributed by atoms with Gasteiger partial charge in [-0.15, -0.1) is 0 Å². The Hall–Kier alpha value is -0.610. The van der Waals surface area contributed by atoms with Crippen LogP contribution in [0.15, 0.2) is 0 Å². The van der Waals surface area contributed by atoms with Crippen LogP contribution in [0, 0.1) is 5.92 Å². The number of carbonyl (C=O) groups is 1. The number of rotatable bonds is 6. The van der Waals surface area contributed by atoms with Crippen LogP contribution in [0.2, 0.25) is 0 Å². The fourth-order valence-electron chi connectivity index (χ4n) is 2.53. The topological polar surface area (TPSA) is 41.6 Å². The number of hydrogen-bond acceptors (Lipinski definition) is 3. The van der Waals surface area contributed by atoms with Crippen LogP contribution < -0.4 is 5.32 Å². The van der Waals surface area contributed by atoms with E-state index in [1.807, 2.05) is 4.90 Å². The minimum atomic E-state index is 0.0561. The smallest absolute Gasteiger partial charge is 0.240 e. The summed E-state index contributed by atoms with van der Waals surface area (Å²) in [6.45, 7) is 5.81. The molecular formula is C13H24N2O2. The predicted molar refractivity (Wildman–Crippen MR) is 66.8 cm³/mol. The van der Waals surface area contributed by atoms with Crippen molar-refractivity contribution in [2.45, 2.75) is 51.2 Å². The molecule has 0 bridgehead atoms. The summed E-state index contributed by atoms with van der Waals surface area (Å²) >= 11 is 0. The van der Waals surface area contributed by atoms with Crippen molar-refractivity contribution in [3.05, 3.63) is 0 Å². The molecule has 2 aliphatic rings. The van der Waals surface area contributed by atoms with Crippen LogP contribution in [0.5, 0.6) is 0 Å². The van der Waals surface area contributed by atoms with E-state index in [1.165, 1.54) is 12.8 Å². The van der Waals surface area contributed by atoms with Gasteiger partial charge in [0, 0.05) is 19.7 Å². The van der Waals surface area contributed by atoms with Gasteiger partial charge in [0.1, 0.15) is 0 Å². The van der Waals surface area contributed by atoms with Crippen LogP contribution in [-0.2, 0) is 9.53 Å². The molecule has 2 fully saturated rings. The second-order valence-electron chi connectivity index (χ2n) is 5.58. The van der Waals surface area contributed by atoms with Crippen molar-refractivity contribution in [1.82, 2.24) is 10.2 Å². The number of amides is 1. The number of carbonyl (C=O) groups excluding carboxylic acids is 1. The number of nitrogens with one attached hydrogen (secondary N) is 1. The average Bonchev–Trinajstić information content (AvgIpc) is 3.02.